The predicted molar refractivity (Wildman–Crippen MR) is 129 cm³/mol. The first kappa shape index (κ1) is 22.2. The molecule has 3 heterocycles. The quantitative estimate of drug-likeness (QED) is 0.546. The molecule has 2 N–H and O–H groups in total. The van der Waals surface area contributed by atoms with E-state index in [2.05, 4.69) is 47.3 Å². The molecule has 1 fully saturated rings. The summed E-state index contributed by atoms with van der Waals surface area (Å²) in [6.07, 6.45) is 4.63. The first-order valence-electron chi connectivity index (χ1n) is 11.3. The molecule has 1 radical (unpaired) electrons. The van der Waals surface area contributed by atoms with Gasteiger partial charge in [-0.2, -0.15) is 0 Å². The molecule has 2 aliphatic rings. The number of ether oxygens (including phenoxy) is 1. The number of aliphatic hydroxyl groups excluding tert-OH is 1. The number of thiophene rings is 1. The highest BCUT2D eigenvalue weighted by Crippen LogP contribution is 2.39. The van der Waals surface area contributed by atoms with Gasteiger partial charge in [-0.05, 0) is 68.7 Å². The average Bonchev–Trinajstić information content (AvgIpc) is 3.34. The number of anilines is 1. The fourth-order valence-corrected chi connectivity index (χ4v) is 5.85. The molecule has 171 valence electrons. The van der Waals surface area contributed by atoms with E-state index in [1.54, 1.807) is 6.20 Å². The van der Waals surface area contributed by atoms with Gasteiger partial charge in [0.1, 0.15) is 18.2 Å². The van der Waals surface area contributed by atoms with Crippen molar-refractivity contribution in [3.05, 3.63) is 81.3 Å². The van der Waals surface area contributed by atoms with Gasteiger partial charge in [0, 0.05) is 17.1 Å². The monoisotopic (exact) mass is 462 g/mol. The van der Waals surface area contributed by atoms with Crippen molar-refractivity contribution in [3.8, 4) is 0 Å². The Morgan fingerprint density at radius 2 is 2.09 bits per heavy atom. The summed E-state index contributed by atoms with van der Waals surface area (Å²) in [6, 6.07) is 8.51. The van der Waals surface area contributed by atoms with E-state index in [4.69, 9.17) is 4.74 Å². The Morgan fingerprint density at radius 1 is 1.24 bits per heavy atom. The van der Waals surface area contributed by atoms with E-state index in [0.29, 0.717) is 29.3 Å². The summed E-state index contributed by atoms with van der Waals surface area (Å²) >= 11 is 1.48. The van der Waals surface area contributed by atoms with Crippen molar-refractivity contribution in [1.29, 1.82) is 0 Å². The number of fused-ring (bicyclic) bond motifs is 1. The molecule has 1 aromatic carbocycles. The smallest absolute Gasteiger partial charge is 0.208 e. The van der Waals surface area contributed by atoms with Gasteiger partial charge in [-0.1, -0.05) is 23.8 Å². The standard InChI is InChI=1S/C26H28N3O3S/c1-14-4-5-17-6-7-32-25(20(17)8-14)19-11-23(33-16(19)3)24(31)21-12-27-13-28-26(21)29-18-9-15(2)22(30)10-18/h4-5,8,11-13,15,18,22,25,30H,2,6-7,9-10H2,1,3H3,(H,27,28,29)/t15-,18-,22+,25-/m1/s1. The van der Waals surface area contributed by atoms with Gasteiger partial charge in [0.15, 0.2) is 0 Å². The van der Waals surface area contributed by atoms with E-state index in [1.165, 1.54) is 34.4 Å². The molecule has 5 rings (SSSR count). The lowest BCUT2D eigenvalue weighted by Crippen LogP contribution is -2.20. The maximum atomic E-state index is 13.5. The summed E-state index contributed by atoms with van der Waals surface area (Å²) < 4.78 is 6.19. The number of hydrogen-bond donors (Lipinski definition) is 2. The summed E-state index contributed by atoms with van der Waals surface area (Å²) in [5.74, 6) is 0.374. The van der Waals surface area contributed by atoms with E-state index in [0.717, 1.165) is 23.3 Å². The maximum absolute atomic E-state index is 13.5. The lowest BCUT2D eigenvalue weighted by Gasteiger charge is -2.26. The van der Waals surface area contributed by atoms with Crippen molar-refractivity contribution in [2.45, 2.75) is 51.4 Å². The first-order valence-corrected chi connectivity index (χ1v) is 12.2. The zero-order chi connectivity index (χ0) is 23.1. The summed E-state index contributed by atoms with van der Waals surface area (Å²) in [7, 11) is 0. The van der Waals surface area contributed by atoms with Gasteiger partial charge < -0.3 is 15.2 Å². The van der Waals surface area contributed by atoms with Crippen LogP contribution in [0.4, 0.5) is 5.82 Å². The number of aliphatic hydroxyl groups is 1. The van der Waals surface area contributed by atoms with E-state index in [1.807, 2.05) is 13.0 Å². The van der Waals surface area contributed by atoms with Crippen LogP contribution in [0.25, 0.3) is 0 Å². The minimum absolute atomic E-state index is 0.0204. The second-order valence-corrected chi connectivity index (χ2v) is 10.3. The first-order chi connectivity index (χ1) is 15.9. The highest BCUT2D eigenvalue weighted by atomic mass is 32.1. The van der Waals surface area contributed by atoms with Gasteiger partial charge >= 0.3 is 0 Å². The number of hydrogen-bond acceptors (Lipinski definition) is 7. The molecular formula is C26H28N3O3S. The fraction of sp³-hybridized carbons (Fsp3) is 0.385. The van der Waals surface area contributed by atoms with Crippen molar-refractivity contribution in [3.63, 3.8) is 0 Å². The van der Waals surface area contributed by atoms with Crippen LogP contribution >= 0.6 is 11.3 Å². The number of rotatable bonds is 5. The van der Waals surface area contributed by atoms with Crippen LogP contribution in [-0.2, 0) is 11.2 Å². The van der Waals surface area contributed by atoms with Crippen molar-refractivity contribution in [2.24, 2.45) is 5.92 Å². The van der Waals surface area contributed by atoms with Crippen LogP contribution in [0.2, 0.25) is 0 Å². The van der Waals surface area contributed by atoms with Crippen molar-refractivity contribution in [2.75, 3.05) is 11.9 Å². The average molecular weight is 463 g/mol. The van der Waals surface area contributed by atoms with Gasteiger partial charge in [0.25, 0.3) is 0 Å². The molecule has 1 saturated carbocycles. The van der Waals surface area contributed by atoms with Gasteiger partial charge in [-0.3, -0.25) is 4.79 Å². The molecule has 1 aliphatic carbocycles. The van der Waals surface area contributed by atoms with Crippen LogP contribution in [0.3, 0.4) is 0 Å². The topological polar surface area (TPSA) is 84.3 Å². The molecule has 3 aromatic rings. The molecule has 7 heteroatoms. The number of carbonyl (C=O) groups is 1. The number of aromatic nitrogens is 2. The van der Waals surface area contributed by atoms with Crippen LogP contribution in [0.15, 0.2) is 36.8 Å². The highest BCUT2D eigenvalue weighted by Gasteiger charge is 2.31. The third kappa shape index (κ3) is 4.33. The molecule has 0 spiro atoms. The second-order valence-electron chi connectivity index (χ2n) is 9.08. The Bertz CT molecular complexity index is 1180. The molecule has 2 aromatic heterocycles. The molecule has 0 bridgehead atoms. The van der Waals surface area contributed by atoms with Gasteiger partial charge in [0.2, 0.25) is 5.78 Å². The SMILES string of the molecule is [CH2][C@@H]1C[C@@H](Nc2ncncc2C(=O)c2cc([C@H]3OCCc4ccc(C)cc43)c(C)s2)C[C@@H]1O. The normalized spacial score (nSPS) is 24.5. The highest BCUT2D eigenvalue weighted by molar-refractivity contribution is 7.14. The van der Waals surface area contributed by atoms with Crippen LogP contribution in [0, 0.1) is 26.7 Å². The summed E-state index contributed by atoms with van der Waals surface area (Å²) in [4.78, 5) is 23.7. The number of nitrogens with one attached hydrogen (secondary N) is 1. The van der Waals surface area contributed by atoms with Gasteiger partial charge in [-0.25, -0.2) is 9.97 Å². The number of benzene rings is 1. The van der Waals surface area contributed by atoms with E-state index < -0.39 is 6.10 Å². The van der Waals surface area contributed by atoms with Gasteiger partial charge in [-0.15, -0.1) is 11.3 Å². The number of carbonyl (C=O) groups excluding carboxylic acids is 1. The molecule has 0 amide bonds. The summed E-state index contributed by atoms with van der Waals surface area (Å²) in [5.41, 5.74) is 5.18. The fourth-order valence-electron chi connectivity index (χ4n) is 4.85. The molecule has 4 atom stereocenters. The lowest BCUT2D eigenvalue weighted by molar-refractivity contribution is 0.0697. The van der Waals surface area contributed by atoms with Crippen molar-refractivity contribution < 1.29 is 14.6 Å². The Labute approximate surface area is 198 Å². The molecular weight excluding hydrogens is 434 g/mol. The predicted octanol–water partition coefficient (Wildman–Crippen LogP) is 4.43. The lowest BCUT2D eigenvalue weighted by atomic mass is 9.91. The third-order valence-corrected chi connectivity index (χ3v) is 7.72. The molecule has 1 aliphatic heterocycles. The Kier molecular flexibility index (Phi) is 6.03. The van der Waals surface area contributed by atoms with E-state index >= 15 is 0 Å². The largest absolute Gasteiger partial charge is 0.393 e. The zero-order valence-electron chi connectivity index (χ0n) is 18.9. The Balaban J connectivity index is 1.43. The van der Waals surface area contributed by atoms with E-state index in [-0.39, 0.29) is 23.8 Å². The van der Waals surface area contributed by atoms with Crippen LogP contribution in [0.1, 0.15) is 61.3 Å². The summed E-state index contributed by atoms with van der Waals surface area (Å²) in [5, 5.41) is 13.4. The summed E-state index contributed by atoms with van der Waals surface area (Å²) in [6.45, 7) is 8.79. The van der Waals surface area contributed by atoms with Gasteiger partial charge in [0.05, 0.1) is 23.2 Å². The minimum atomic E-state index is -0.437. The maximum Gasteiger partial charge on any atom is 0.208 e. The minimum Gasteiger partial charge on any atom is -0.393 e. The zero-order valence-corrected chi connectivity index (χ0v) is 19.7. The van der Waals surface area contributed by atoms with Crippen molar-refractivity contribution in [1.82, 2.24) is 9.97 Å². The van der Waals surface area contributed by atoms with Crippen molar-refractivity contribution >= 4 is 22.9 Å². The van der Waals surface area contributed by atoms with Crippen LogP contribution in [0.5, 0.6) is 0 Å². The third-order valence-electron chi connectivity index (χ3n) is 6.66. The molecule has 6 nitrogen and oxygen atoms in total. The van der Waals surface area contributed by atoms with Crippen LogP contribution in [-0.4, -0.2) is 39.6 Å². The Hall–Kier alpha value is -2.61. The molecule has 0 saturated heterocycles. The Morgan fingerprint density at radius 3 is 2.88 bits per heavy atom. The molecule has 33 heavy (non-hydrogen) atoms. The second kappa shape index (κ2) is 8.97. The number of nitrogens with zero attached hydrogens (tertiary/aromatic N) is 2. The number of ketones is 1. The molecule has 0 unspecified atom stereocenters. The van der Waals surface area contributed by atoms with Crippen LogP contribution < -0.4 is 5.32 Å². The number of aryl methyl sites for hydroxylation is 2. The van der Waals surface area contributed by atoms with E-state index in [9.17, 15) is 9.90 Å².